The van der Waals surface area contributed by atoms with Gasteiger partial charge in [-0.2, -0.15) is 0 Å². The standard InChI is InChI=1S/C30H31NO9/c1-5-13(3)24-30(37)40-29-16-9-12(2)10-17(32)21(16)23-25(31(24)29)28(36)22-15(27(23)35)7-6-8-19(22)39-20-11-18(33)26(34)14(4)38-20/h6-10,13-14,18,20,24,26,29,32-34H,5,11H2,1-4H3/t13?,14-,18+,20-,24+,26-,29-/m0/s1. The van der Waals surface area contributed by atoms with Crippen LogP contribution in [0.25, 0.3) is 5.57 Å². The van der Waals surface area contributed by atoms with Crippen LogP contribution in [-0.4, -0.2) is 68.4 Å². The van der Waals surface area contributed by atoms with Gasteiger partial charge in [0.2, 0.25) is 18.3 Å². The van der Waals surface area contributed by atoms with Crippen molar-refractivity contribution in [2.45, 2.75) is 77.4 Å². The minimum Gasteiger partial charge on any atom is -0.507 e. The van der Waals surface area contributed by atoms with Gasteiger partial charge in [0.25, 0.3) is 0 Å². The summed E-state index contributed by atoms with van der Waals surface area (Å²) in [5, 5.41) is 31.3. The number of esters is 1. The first kappa shape index (κ1) is 26.5. The van der Waals surface area contributed by atoms with Gasteiger partial charge < -0.3 is 34.4 Å². The number of aromatic hydroxyl groups is 1. The molecular weight excluding hydrogens is 518 g/mol. The number of ether oxygens (including phenoxy) is 3. The zero-order valence-electron chi connectivity index (χ0n) is 22.6. The van der Waals surface area contributed by atoms with Gasteiger partial charge in [0.15, 0.2) is 5.78 Å². The molecule has 7 atom stereocenters. The van der Waals surface area contributed by atoms with Gasteiger partial charge in [0.05, 0.1) is 23.3 Å². The second-order valence-electron chi connectivity index (χ2n) is 11.0. The van der Waals surface area contributed by atoms with Crippen LogP contribution in [0, 0.1) is 12.8 Å². The van der Waals surface area contributed by atoms with E-state index in [0.717, 1.165) is 0 Å². The number of aliphatic hydroxyl groups excluding tert-OH is 2. The maximum atomic E-state index is 14.4. The lowest BCUT2D eigenvalue weighted by atomic mass is 9.77. The first-order valence-electron chi connectivity index (χ1n) is 13.5. The van der Waals surface area contributed by atoms with E-state index in [4.69, 9.17) is 14.2 Å². The fourth-order valence-corrected chi connectivity index (χ4v) is 6.20. The normalized spacial score (nSPS) is 29.9. The molecule has 0 radical (unpaired) electrons. The summed E-state index contributed by atoms with van der Waals surface area (Å²) in [6.45, 7) is 7.20. The number of allylic oxidation sites excluding steroid dienone is 2. The van der Waals surface area contributed by atoms with E-state index in [-0.39, 0.29) is 51.8 Å². The fraction of sp³-hybridized carbons (Fsp3) is 0.433. The number of hydrogen-bond acceptors (Lipinski definition) is 10. The Labute approximate surface area is 230 Å². The quantitative estimate of drug-likeness (QED) is 0.487. The van der Waals surface area contributed by atoms with Crippen LogP contribution in [0.1, 0.15) is 77.2 Å². The number of Topliss-reactive ketones (excluding diaryl/α,β-unsaturated/α-hetero) is 2. The van der Waals surface area contributed by atoms with Crippen LogP contribution >= 0.6 is 0 Å². The first-order chi connectivity index (χ1) is 19.0. The maximum Gasteiger partial charge on any atom is 0.331 e. The monoisotopic (exact) mass is 549 g/mol. The van der Waals surface area contributed by atoms with Crippen molar-refractivity contribution in [3.8, 4) is 11.5 Å². The summed E-state index contributed by atoms with van der Waals surface area (Å²) in [6, 6.07) is 7.08. The molecular formula is C30H31NO9. The molecule has 2 saturated heterocycles. The van der Waals surface area contributed by atoms with Crippen LogP contribution in [0.15, 0.2) is 36.0 Å². The van der Waals surface area contributed by atoms with E-state index in [1.165, 1.54) is 18.2 Å². The zero-order chi connectivity index (χ0) is 28.6. The summed E-state index contributed by atoms with van der Waals surface area (Å²) in [5.41, 5.74) is 1.42. The molecule has 0 saturated carbocycles. The lowest BCUT2D eigenvalue weighted by molar-refractivity contribution is -0.216. The second kappa shape index (κ2) is 9.43. The van der Waals surface area contributed by atoms with Crippen molar-refractivity contribution in [2.24, 2.45) is 5.92 Å². The summed E-state index contributed by atoms with van der Waals surface area (Å²) in [6.07, 6.45) is -4.28. The molecule has 0 spiro atoms. The molecule has 0 aromatic heterocycles. The topological polar surface area (TPSA) is 143 Å². The van der Waals surface area contributed by atoms with Crippen LogP contribution in [0.5, 0.6) is 11.5 Å². The maximum absolute atomic E-state index is 14.4. The van der Waals surface area contributed by atoms with E-state index in [9.17, 15) is 29.7 Å². The molecule has 10 nitrogen and oxygen atoms in total. The molecule has 0 amide bonds. The molecule has 210 valence electrons. The molecule has 6 rings (SSSR count). The summed E-state index contributed by atoms with van der Waals surface area (Å²) in [5.74, 6) is -1.86. The average Bonchev–Trinajstić information content (AvgIpc) is 3.26. The van der Waals surface area contributed by atoms with Crippen LogP contribution in [0.3, 0.4) is 0 Å². The Balaban J connectivity index is 1.52. The lowest BCUT2D eigenvalue weighted by Crippen LogP contribution is -2.48. The molecule has 4 aliphatic rings. The number of carbonyl (C=O) groups excluding carboxylic acids is 3. The van der Waals surface area contributed by atoms with Crippen LogP contribution < -0.4 is 4.74 Å². The Kier molecular flexibility index (Phi) is 6.25. The molecule has 2 aromatic carbocycles. The minimum atomic E-state index is -1.09. The van der Waals surface area contributed by atoms with Crippen molar-refractivity contribution in [2.75, 3.05) is 0 Å². The van der Waals surface area contributed by atoms with Crippen molar-refractivity contribution in [3.05, 3.63) is 63.8 Å². The average molecular weight is 550 g/mol. The summed E-state index contributed by atoms with van der Waals surface area (Å²) in [4.78, 5) is 43.4. The van der Waals surface area contributed by atoms with Gasteiger partial charge in [-0.25, -0.2) is 4.79 Å². The number of rotatable bonds is 4. The Bertz CT molecular complexity index is 1470. The number of phenolic OH excluding ortho intramolecular Hbond substituents is 1. The number of aryl methyl sites for hydroxylation is 1. The summed E-state index contributed by atoms with van der Waals surface area (Å²) >= 11 is 0. The highest BCUT2D eigenvalue weighted by Gasteiger charge is 2.55. The first-order valence-corrected chi connectivity index (χ1v) is 13.5. The van der Waals surface area contributed by atoms with E-state index in [2.05, 4.69) is 0 Å². The third kappa shape index (κ3) is 3.77. The van der Waals surface area contributed by atoms with Crippen LogP contribution in [0.4, 0.5) is 0 Å². The van der Waals surface area contributed by atoms with E-state index in [1.54, 1.807) is 30.9 Å². The van der Waals surface area contributed by atoms with Crippen LogP contribution in [0.2, 0.25) is 0 Å². The molecule has 2 aromatic rings. The molecule has 40 heavy (non-hydrogen) atoms. The number of ketones is 2. The van der Waals surface area contributed by atoms with Gasteiger partial charge in [-0.15, -0.1) is 0 Å². The van der Waals surface area contributed by atoms with E-state index >= 15 is 0 Å². The van der Waals surface area contributed by atoms with Crippen molar-refractivity contribution < 1.29 is 43.9 Å². The van der Waals surface area contributed by atoms with Crippen molar-refractivity contribution in [1.82, 2.24) is 4.90 Å². The van der Waals surface area contributed by atoms with Gasteiger partial charge in [-0.05, 0) is 43.5 Å². The molecule has 10 heteroatoms. The van der Waals surface area contributed by atoms with E-state index in [1.807, 2.05) is 13.8 Å². The fourth-order valence-electron chi connectivity index (χ4n) is 6.20. The highest BCUT2D eigenvalue weighted by Crippen LogP contribution is 2.53. The summed E-state index contributed by atoms with van der Waals surface area (Å²) < 4.78 is 17.5. The Morgan fingerprint density at radius 2 is 1.88 bits per heavy atom. The number of carbonyl (C=O) groups is 3. The largest absolute Gasteiger partial charge is 0.507 e. The van der Waals surface area contributed by atoms with Gasteiger partial charge >= 0.3 is 5.97 Å². The van der Waals surface area contributed by atoms with Gasteiger partial charge in [0.1, 0.15) is 29.3 Å². The SMILES string of the molecule is CCC(C)[C@@H]1C(=O)O[C@H]2c3cc(C)cc(O)c3C3=C(C(=O)c4c(O[C@H]5C[C@@H](O)[C@@H](O)[C@H](C)O5)cccc4C3=O)N21. The Morgan fingerprint density at radius 1 is 1.12 bits per heavy atom. The number of benzene rings is 2. The van der Waals surface area contributed by atoms with Crippen LogP contribution in [-0.2, 0) is 14.3 Å². The predicted octanol–water partition coefficient (Wildman–Crippen LogP) is 3.01. The highest BCUT2D eigenvalue weighted by atomic mass is 16.7. The highest BCUT2D eigenvalue weighted by molar-refractivity contribution is 6.41. The predicted molar refractivity (Wildman–Crippen MR) is 140 cm³/mol. The lowest BCUT2D eigenvalue weighted by Gasteiger charge is -2.40. The second-order valence-corrected chi connectivity index (χ2v) is 11.0. The molecule has 3 heterocycles. The molecule has 1 aliphatic carbocycles. The molecule has 2 fully saturated rings. The number of hydrogen-bond donors (Lipinski definition) is 3. The number of phenols is 1. The molecule has 3 N–H and O–H groups in total. The van der Waals surface area contributed by atoms with Gasteiger partial charge in [-0.1, -0.05) is 32.4 Å². The molecule has 0 bridgehead atoms. The summed E-state index contributed by atoms with van der Waals surface area (Å²) in [7, 11) is 0. The Morgan fingerprint density at radius 3 is 2.58 bits per heavy atom. The van der Waals surface area contributed by atoms with Gasteiger partial charge in [0, 0.05) is 23.1 Å². The minimum absolute atomic E-state index is 0.000771. The van der Waals surface area contributed by atoms with E-state index in [0.29, 0.717) is 17.5 Å². The van der Waals surface area contributed by atoms with Crippen molar-refractivity contribution in [3.63, 3.8) is 0 Å². The molecule has 1 unspecified atom stereocenters. The number of nitrogens with zero attached hydrogens (tertiary/aromatic N) is 1. The third-order valence-electron chi connectivity index (χ3n) is 8.38. The zero-order valence-corrected chi connectivity index (χ0v) is 22.6. The van der Waals surface area contributed by atoms with Gasteiger partial charge in [-0.3, -0.25) is 9.59 Å². The Hall–Kier alpha value is -3.73. The third-order valence-corrected chi connectivity index (χ3v) is 8.38. The number of aliphatic hydroxyl groups is 2. The van der Waals surface area contributed by atoms with Crippen molar-refractivity contribution >= 4 is 23.1 Å². The van der Waals surface area contributed by atoms with Crippen molar-refractivity contribution in [1.29, 1.82) is 0 Å². The number of fused-ring (bicyclic) bond motifs is 6. The van der Waals surface area contributed by atoms with E-state index < -0.39 is 54.4 Å². The molecule has 3 aliphatic heterocycles. The smallest absolute Gasteiger partial charge is 0.331 e.